The van der Waals surface area contributed by atoms with Crippen molar-refractivity contribution in [1.82, 2.24) is 9.80 Å². The van der Waals surface area contributed by atoms with E-state index in [1.807, 2.05) is 30.3 Å². The van der Waals surface area contributed by atoms with E-state index in [-0.39, 0.29) is 29.6 Å². The van der Waals surface area contributed by atoms with Crippen LogP contribution in [0.3, 0.4) is 0 Å². The number of aryl methyl sites for hydroxylation is 1. The average Bonchev–Trinajstić information content (AvgIpc) is 3.53. The van der Waals surface area contributed by atoms with Crippen LogP contribution in [0.15, 0.2) is 75.8 Å². The lowest BCUT2D eigenvalue weighted by Gasteiger charge is -2.40. The number of benzene rings is 2. The molecule has 0 radical (unpaired) electrons. The Balaban J connectivity index is 1.33. The summed E-state index contributed by atoms with van der Waals surface area (Å²) in [5.74, 6) is 0.436. The topological polar surface area (TPSA) is 66.9 Å². The summed E-state index contributed by atoms with van der Waals surface area (Å²) in [7, 11) is 1.77. The predicted molar refractivity (Wildman–Crippen MR) is 134 cm³/mol. The molecule has 0 saturated carbocycles. The molecule has 1 unspecified atom stereocenters. The molecule has 1 aliphatic rings. The lowest BCUT2D eigenvalue weighted by atomic mass is 9.84. The van der Waals surface area contributed by atoms with Crippen molar-refractivity contribution in [2.45, 2.75) is 32.2 Å². The SMILES string of the molecule is Cc1occc1C(=O)N(C)C(Cc1ccccc1F)C1CCN(C(=O)c2cc3ccccc3o2)CC1. The molecular weight excluding hydrogens is 459 g/mol. The van der Waals surface area contributed by atoms with Gasteiger partial charge in [-0.1, -0.05) is 36.4 Å². The van der Waals surface area contributed by atoms with Gasteiger partial charge in [0.25, 0.3) is 11.8 Å². The molecule has 3 heterocycles. The second kappa shape index (κ2) is 10.0. The molecule has 1 fully saturated rings. The highest BCUT2D eigenvalue weighted by atomic mass is 19.1. The Morgan fingerprint density at radius 2 is 1.81 bits per heavy atom. The van der Waals surface area contributed by atoms with Crippen molar-refractivity contribution >= 4 is 22.8 Å². The third-order valence-electron chi connectivity index (χ3n) is 7.30. The minimum atomic E-state index is -0.277. The predicted octanol–water partition coefficient (Wildman–Crippen LogP) is 5.71. The van der Waals surface area contributed by atoms with Gasteiger partial charge in [-0.15, -0.1) is 0 Å². The first-order valence-electron chi connectivity index (χ1n) is 12.2. The van der Waals surface area contributed by atoms with Crippen LogP contribution in [0.2, 0.25) is 0 Å². The third-order valence-corrected chi connectivity index (χ3v) is 7.30. The van der Waals surface area contributed by atoms with Crippen LogP contribution in [0.25, 0.3) is 11.0 Å². The summed E-state index contributed by atoms with van der Waals surface area (Å²) in [6.45, 7) is 2.84. The summed E-state index contributed by atoms with van der Waals surface area (Å²) >= 11 is 0. The van der Waals surface area contributed by atoms with Gasteiger partial charge in [0.1, 0.15) is 17.2 Å². The molecule has 4 aromatic rings. The van der Waals surface area contributed by atoms with Crippen molar-refractivity contribution in [2.24, 2.45) is 5.92 Å². The number of furan rings is 2. The number of likely N-dealkylation sites (tertiary alicyclic amines) is 1. The van der Waals surface area contributed by atoms with Crippen LogP contribution in [0.1, 0.15) is 45.1 Å². The van der Waals surface area contributed by atoms with Gasteiger partial charge in [0, 0.05) is 31.6 Å². The van der Waals surface area contributed by atoms with Crippen molar-refractivity contribution in [3.63, 3.8) is 0 Å². The van der Waals surface area contributed by atoms with Gasteiger partial charge in [-0.05, 0) is 61.9 Å². The van der Waals surface area contributed by atoms with Gasteiger partial charge in [-0.25, -0.2) is 4.39 Å². The fourth-order valence-electron chi connectivity index (χ4n) is 5.19. The zero-order chi connectivity index (χ0) is 25.2. The number of carbonyl (C=O) groups excluding carboxylic acids is 2. The molecular formula is C29H29FN2O4. The number of likely N-dealkylation sites (N-methyl/N-ethyl adjacent to an activating group) is 1. The summed E-state index contributed by atoms with van der Waals surface area (Å²) < 4.78 is 25.7. The molecule has 2 amide bonds. The maximum Gasteiger partial charge on any atom is 0.289 e. The fraction of sp³-hybridized carbons (Fsp3) is 0.310. The Morgan fingerprint density at radius 3 is 2.50 bits per heavy atom. The molecule has 2 aromatic carbocycles. The highest BCUT2D eigenvalue weighted by Gasteiger charge is 2.35. The van der Waals surface area contributed by atoms with Crippen LogP contribution < -0.4 is 0 Å². The van der Waals surface area contributed by atoms with Crippen LogP contribution in [0, 0.1) is 18.7 Å². The summed E-state index contributed by atoms with van der Waals surface area (Å²) in [6, 6.07) is 17.5. The number of rotatable bonds is 6. The normalized spacial score (nSPS) is 15.2. The van der Waals surface area contributed by atoms with E-state index in [0.717, 1.165) is 5.39 Å². The second-order valence-corrected chi connectivity index (χ2v) is 9.45. The Hall–Kier alpha value is -3.87. The third kappa shape index (κ3) is 4.65. The molecule has 6 nitrogen and oxygen atoms in total. The van der Waals surface area contributed by atoms with E-state index in [4.69, 9.17) is 8.83 Å². The molecule has 0 N–H and O–H groups in total. The number of piperidine rings is 1. The number of fused-ring (bicyclic) bond motifs is 1. The smallest absolute Gasteiger partial charge is 0.289 e. The summed E-state index contributed by atoms with van der Waals surface area (Å²) in [5.41, 5.74) is 1.77. The molecule has 0 aliphatic carbocycles. The van der Waals surface area contributed by atoms with Crippen molar-refractivity contribution in [2.75, 3.05) is 20.1 Å². The maximum absolute atomic E-state index is 14.6. The lowest BCUT2D eigenvalue weighted by molar-refractivity contribution is 0.0507. The Kier molecular flexibility index (Phi) is 6.63. The van der Waals surface area contributed by atoms with E-state index in [1.165, 1.54) is 12.3 Å². The van der Waals surface area contributed by atoms with Gasteiger partial charge in [0.15, 0.2) is 5.76 Å². The first-order valence-corrected chi connectivity index (χ1v) is 12.2. The molecule has 5 rings (SSSR count). The van der Waals surface area contributed by atoms with E-state index in [1.54, 1.807) is 48.0 Å². The van der Waals surface area contributed by atoms with Crippen molar-refractivity contribution in [3.8, 4) is 0 Å². The molecule has 1 saturated heterocycles. The monoisotopic (exact) mass is 488 g/mol. The van der Waals surface area contributed by atoms with Crippen molar-refractivity contribution < 1.29 is 22.8 Å². The summed E-state index contributed by atoms with van der Waals surface area (Å²) in [6.07, 6.45) is 3.30. The van der Waals surface area contributed by atoms with E-state index in [9.17, 15) is 14.0 Å². The molecule has 2 aromatic heterocycles. The van der Waals surface area contributed by atoms with Gasteiger partial charge < -0.3 is 18.6 Å². The minimum absolute atomic E-state index is 0.102. The molecule has 0 spiro atoms. The van der Waals surface area contributed by atoms with Gasteiger partial charge in [-0.2, -0.15) is 0 Å². The fourth-order valence-corrected chi connectivity index (χ4v) is 5.19. The first kappa shape index (κ1) is 23.9. The van der Waals surface area contributed by atoms with E-state index in [2.05, 4.69) is 0 Å². The van der Waals surface area contributed by atoms with Gasteiger partial charge in [0.2, 0.25) is 0 Å². The zero-order valence-corrected chi connectivity index (χ0v) is 20.4. The number of nitrogens with zero attached hydrogens (tertiary/aromatic N) is 2. The van der Waals surface area contributed by atoms with Crippen LogP contribution in [0.4, 0.5) is 4.39 Å². The minimum Gasteiger partial charge on any atom is -0.469 e. The number of hydrogen-bond donors (Lipinski definition) is 0. The van der Waals surface area contributed by atoms with E-state index < -0.39 is 0 Å². The Labute approximate surface area is 209 Å². The Morgan fingerprint density at radius 1 is 1.08 bits per heavy atom. The largest absolute Gasteiger partial charge is 0.469 e. The quantitative estimate of drug-likeness (QED) is 0.349. The molecule has 0 bridgehead atoms. The first-order chi connectivity index (χ1) is 17.4. The molecule has 1 aliphatic heterocycles. The molecule has 7 heteroatoms. The zero-order valence-electron chi connectivity index (χ0n) is 20.4. The van der Waals surface area contributed by atoms with Crippen molar-refractivity contribution in [1.29, 1.82) is 0 Å². The number of para-hydroxylation sites is 1. The summed E-state index contributed by atoms with van der Waals surface area (Å²) in [5, 5.41) is 0.898. The van der Waals surface area contributed by atoms with E-state index >= 15 is 0 Å². The van der Waals surface area contributed by atoms with Crippen LogP contribution in [-0.4, -0.2) is 47.8 Å². The molecule has 1 atom stereocenters. The van der Waals surface area contributed by atoms with Gasteiger partial charge >= 0.3 is 0 Å². The highest BCUT2D eigenvalue weighted by Crippen LogP contribution is 2.30. The Bertz CT molecular complexity index is 1350. The van der Waals surface area contributed by atoms with Gasteiger partial charge in [-0.3, -0.25) is 9.59 Å². The second-order valence-electron chi connectivity index (χ2n) is 9.45. The van der Waals surface area contributed by atoms with E-state index in [0.29, 0.717) is 60.6 Å². The molecule has 186 valence electrons. The highest BCUT2D eigenvalue weighted by molar-refractivity contribution is 5.96. The number of hydrogen-bond acceptors (Lipinski definition) is 4. The number of amides is 2. The average molecular weight is 489 g/mol. The molecule has 36 heavy (non-hydrogen) atoms. The van der Waals surface area contributed by atoms with Crippen molar-refractivity contribution in [3.05, 3.63) is 95.4 Å². The standard InChI is InChI=1S/C29H29FN2O4/c1-19-23(13-16-35-19)28(33)31(2)25(17-21-7-3-5-9-24(21)30)20-11-14-32(15-12-20)29(34)27-18-22-8-4-6-10-26(22)36-27/h3-10,13,16,18,20,25H,11-12,14-15,17H2,1-2H3. The van der Waals surface area contributed by atoms with Crippen LogP contribution in [0.5, 0.6) is 0 Å². The number of halogens is 1. The van der Waals surface area contributed by atoms with Crippen LogP contribution in [-0.2, 0) is 6.42 Å². The van der Waals surface area contributed by atoms with Crippen LogP contribution >= 0.6 is 0 Å². The lowest BCUT2D eigenvalue weighted by Crippen LogP contribution is -2.48. The maximum atomic E-state index is 14.6. The summed E-state index contributed by atoms with van der Waals surface area (Å²) in [4.78, 5) is 30.0. The number of carbonyl (C=O) groups is 2. The van der Waals surface area contributed by atoms with Gasteiger partial charge in [0.05, 0.1) is 11.8 Å².